The third kappa shape index (κ3) is 5.39. The van der Waals surface area contributed by atoms with Gasteiger partial charge in [0.05, 0.1) is 19.3 Å². The van der Waals surface area contributed by atoms with Gasteiger partial charge in [-0.05, 0) is 0 Å². The molecule has 2 heterocycles. The molecule has 0 saturated carbocycles. The average molecular weight is 421 g/mol. The summed E-state index contributed by atoms with van der Waals surface area (Å²) in [4.78, 5) is 38.3. The molecule has 2 rings (SSSR count). The summed E-state index contributed by atoms with van der Waals surface area (Å²) in [6, 6.07) is 0. The smallest absolute Gasteiger partial charge is 0.340 e. The summed E-state index contributed by atoms with van der Waals surface area (Å²) in [6.07, 6.45) is -0.284. The van der Waals surface area contributed by atoms with Crippen LogP contribution in [-0.2, 0) is 53.2 Å². The van der Waals surface area contributed by atoms with Crippen molar-refractivity contribution in [3.8, 4) is 0 Å². The van der Waals surface area contributed by atoms with E-state index in [0.29, 0.717) is 6.61 Å². The number of hydrogen-bond donors (Lipinski definition) is 0. The van der Waals surface area contributed by atoms with Crippen molar-refractivity contribution in [2.75, 3.05) is 35.0 Å². The van der Waals surface area contributed by atoms with E-state index in [2.05, 4.69) is 0 Å². The third-order valence-electron chi connectivity index (χ3n) is 4.57. The lowest BCUT2D eigenvalue weighted by Crippen LogP contribution is -2.56. The molecule has 1 unspecified atom stereocenters. The first-order valence-corrected chi connectivity index (χ1v) is 8.68. The molecule has 0 aliphatic carbocycles. The predicted octanol–water partition coefficient (Wildman–Crippen LogP) is -1.55. The van der Waals surface area contributed by atoms with E-state index >= 15 is 0 Å². The second kappa shape index (κ2) is 9.30. The Bertz CT molecular complexity index is 801. The Kier molecular flexibility index (Phi) is 7.50. The molecule has 166 valence electrons. The van der Waals surface area contributed by atoms with Gasteiger partial charge in [0, 0.05) is 42.3 Å². The van der Waals surface area contributed by atoms with Crippen molar-refractivity contribution in [3.05, 3.63) is 31.5 Å². The van der Waals surface area contributed by atoms with Crippen molar-refractivity contribution < 1.29 is 33.2 Å². The van der Waals surface area contributed by atoms with Gasteiger partial charge >= 0.3 is 17.1 Å². The first-order valence-electron chi connectivity index (χ1n) is 8.68. The van der Waals surface area contributed by atoms with Crippen LogP contribution in [0.15, 0.2) is 14.4 Å². The monoisotopic (exact) mass is 421 g/mol. The SMILES string of the molecule is COC(C)(OC)OCn1c(=O)n(COC(C)(OC)OC)c(=O)n(CC2CO2)c1=O. The van der Waals surface area contributed by atoms with Crippen LogP contribution in [0.4, 0.5) is 0 Å². The van der Waals surface area contributed by atoms with Gasteiger partial charge in [-0.15, -0.1) is 0 Å². The van der Waals surface area contributed by atoms with E-state index in [1.54, 1.807) is 0 Å². The van der Waals surface area contributed by atoms with Gasteiger partial charge in [0.25, 0.3) is 11.9 Å². The lowest BCUT2D eigenvalue weighted by Gasteiger charge is -2.27. The van der Waals surface area contributed by atoms with Crippen LogP contribution in [0, 0.1) is 0 Å². The molecule has 1 aromatic rings. The van der Waals surface area contributed by atoms with Crippen molar-refractivity contribution >= 4 is 0 Å². The van der Waals surface area contributed by atoms with Gasteiger partial charge < -0.3 is 33.2 Å². The Balaban J connectivity index is 2.45. The molecule has 0 radical (unpaired) electrons. The highest BCUT2D eigenvalue weighted by Gasteiger charge is 2.30. The lowest BCUT2D eigenvalue weighted by molar-refractivity contribution is -0.364. The summed E-state index contributed by atoms with van der Waals surface area (Å²) in [5, 5.41) is 0. The highest BCUT2D eigenvalue weighted by molar-refractivity contribution is 4.81. The first-order chi connectivity index (χ1) is 13.6. The van der Waals surface area contributed by atoms with Gasteiger partial charge in [-0.2, -0.15) is 0 Å². The molecular weight excluding hydrogens is 394 g/mol. The van der Waals surface area contributed by atoms with Crippen LogP contribution < -0.4 is 17.1 Å². The molecule has 1 aliphatic rings. The molecule has 0 spiro atoms. The van der Waals surface area contributed by atoms with Crippen LogP contribution in [0.1, 0.15) is 13.8 Å². The standard InChI is InChI=1S/C16H27N3O10/c1-15(23-3,24-4)28-9-18-12(20)17(7-11-8-27-11)13(21)19(14(18)22)10-29-16(2,25-5)26-6/h11H,7-10H2,1-6H3. The summed E-state index contributed by atoms with van der Waals surface area (Å²) < 4.78 is 38.4. The van der Waals surface area contributed by atoms with E-state index in [0.717, 1.165) is 13.7 Å². The summed E-state index contributed by atoms with van der Waals surface area (Å²) >= 11 is 0. The van der Waals surface area contributed by atoms with Gasteiger partial charge in [-0.3, -0.25) is 0 Å². The maximum absolute atomic E-state index is 12.8. The third-order valence-corrected chi connectivity index (χ3v) is 4.57. The Morgan fingerprint density at radius 3 is 1.45 bits per heavy atom. The van der Waals surface area contributed by atoms with Crippen molar-refractivity contribution in [1.82, 2.24) is 13.7 Å². The molecule has 0 aromatic carbocycles. The van der Waals surface area contributed by atoms with Crippen LogP contribution in [-0.4, -0.2) is 66.8 Å². The van der Waals surface area contributed by atoms with Crippen molar-refractivity contribution in [1.29, 1.82) is 0 Å². The highest BCUT2D eigenvalue weighted by Crippen LogP contribution is 2.13. The van der Waals surface area contributed by atoms with Crippen LogP contribution in [0.2, 0.25) is 0 Å². The van der Waals surface area contributed by atoms with Crippen molar-refractivity contribution in [2.45, 2.75) is 51.9 Å². The van der Waals surface area contributed by atoms with Crippen LogP contribution in [0.25, 0.3) is 0 Å². The maximum atomic E-state index is 12.8. The van der Waals surface area contributed by atoms with Crippen LogP contribution in [0.3, 0.4) is 0 Å². The molecule has 0 N–H and O–H groups in total. The Morgan fingerprint density at radius 1 is 0.793 bits per heavy atom. The van der Waals surface area contributed by atoms with E-state index in [9.17, 15) is 14.4 Å². The zero-order valence-electron chi connectivity index (χ0n) is 17.3. The predicted molar refractivity (Wildman–Crippen MR) is 96.0 cm³/mol. The van der Waals surface area contributed by atoms with E-state index in [1.165, 1.54) is 42.3 Å². The summed E-state index contributed by atoms with van der Waals surface area (Å²) in [5.74, 6) is -3.00. The molecule has 1 atom stereocenters. The van der Waals surface area contributed by atoms with E-state index in [1.807, 2.05) is 0 Å². The normalized spacial score (nSPS) is 17.0. The quantitative estimate of drug-likeness (QED) is 0.288. The fourth-order valence-electron chi connectivity index (χ4n) is 2.20. The molecule has 0 bridgehead atoms. The van der Waals surface area contributed by atoms with E-state index < -0.39 is 42.5 Å². The minimum atomic E-state index is -1.50. The molecule has 1 aliphatic heterocycles. The molecule has 13 nitrogen and oxygen atoms in total. The summed E-state index contributed by atoms with van der Waals surface area (Å²) in [5.41, 5.74) is -2.66. The Hall–Kier alpha value is -1.87. The largest absolute Gasteiger partial charge is 0.371 e. The molecule has 13 heteroatoms. The average Bonchev–Trinajstić information content (AvgIpc) is 3.54. The second-order valence-electron chi connectivity index (χ2n) is 6.36. The molecule has 1 saturated heterocycles. The second-order valence-corrected chi connectivity index (χ2v) is 6.36. The van der Waals surface area contributed by atoms with Gasteiger partial charge in [-0.25, -0.2) is 28.1 Å². The van der Waals surface area contributed by atoms with Gasteiger partial charge in [0.1, 0.15) is 13.5 Å². The first kappa shape index (κ1) is 23.4. The van der Waals surface area contributed by atoms with Gasteiger partial charge in [-0.1, -0.05) is 0 Å². The zero-order chi connectivity index (χ0) is 21.8. The zero-order valence-corrected chi connectivity index (χ0v) is 17.3. The molecule has 29 heavy (non-hydrogen) atoms. The number of aromatic nitrogens is 3. The van der Waals surface area contributed by atoms with Crippen molar-refractivity contribution in [2.24, 2.45) is 0 Å². The topological polar surface area (TPSA) is 134 Å². The molecule has 1 fully saturated rings. The Morgan fingerprint density at radius 2 is 1.14 bits per heavy atom. The maximum Gasteiger partial charge on any atom is 0.340 e. The minimum Gasteiger partial charge on any atom is -0.371 e. The van der Waals surface area contributed by atoms with Gasteiger partial charge in [0.2, 0.25) is 0 Å². The lowest BCUT2D eigenvalue weighted by atomic mass is 10.5. The Labute approximate surface area is 166 Å². The molecular formula is C16H27N3O10. The number of rotatable bonds is 12. The molecule has 0 amide bonds. The number of hydrogen-bond acceptors (Lipinski definition) is 10. The number of ether oxygens (including phenoxy) is 7. The fourth-order valence-corrected chi connectivity index (χ4v) is 2.20. The summed E-state index contributed by atoms with van der Waals surface area (Å²) in [7, 11) is 5.33. The van der Waals surface area contributed by atoms with Crippen molar-refractivity contribution in [3.63, 3.8) is 0 Å². The van der Waals surface area contributed by atoms with Crippen LogP contribution >= 0.6 is 0 Å². The van der Waals surface area contributed by atoms with Gasteiger partial charge in [0.15, 0.2) is 0 Å². The van der Waals surface area contributed by atoms with E-state index in [-0.39, 0.29) is 12.6 Å². The summed E-state index contributed by atoms with van der Waals surface area (Å²) in [6.45, 7) is 2.23. The highest BCUT2D eigenvalue weighted by atomic mass is 16.9. The number of nitrogens with zero attached hydrogens (tertiary/aromatic N) is 3. The molecule has 1 aromatic heterocycles. The van der Waals surface area contributed by atoms with Crippen LogP contribution in [0.5, 0.6) is 0 Å². The number of methoxy groups -OCH3 is 4. The fraction of sp³-hybridized carbons (Fsp3) is 0.812. The minimum absolute atomic E-state index is 0.0183. The van der Waals surface area contributed by atoms with E-state index in [4.69, 9.17) is 33.2 Å². The number of epoxide rings is 1.